The van der Waals surface area contributed by atoms with Crippen LogP contribution in [-0.4, -0.2) is 60.7 Å². The SMILES string of the molecule is CCC(C)C(=O)CCOCC(COCCC(=O)C(C)C)NC(=O)c1ccc(-c2ccc(C(=O)C(C)CC)cc2)nc1. The predicted octanol–water partition coefficient (Wildman–Crippen LogP) is 5.73. The molecule has 0 aliphatic heterocycles. The van der Waals surface area contributed by atoms with Crippen LogP contribution in [0.3, 0.4) is 0 Å². The number of carbonyl (C=O) groups is 4. The highest BCUT2D eigenvalue weighted by Gasteiger charge is 2.18. The number of pyridine rings is 1. The third kappa shape index (κ3) is 11.3. The summed E-state index contributed by atoms with van der Waals surface area (Å²) in [7, 11) is 0. The first-order valence-corrected chi connectivity index (χ1v) is 14.7. The number of carbonyl (C=O) groups excluding carboxylic acids is 4. The van der Waals surface area contributed by atoms with Crippen LogP contribution in [0.1, 0.15) is 87.9 Å². The summed E-state index contributed by atoms with van der Waals surface area (Å²) in [6.45, 7) is 12.4. The Labute approximate surface area is 244 Å². The number of hydrogen-bond donors (Lipinski definition) is 1. The maximum absolute atomic E-state index is 13.0. The zero-order chi connectivity index (χ0) is 30.4. The van der Waals surface area contributed by atoms with Crippen LogP contribution in [-0.2, 0) is 19.1 Å². The van der Waals surface area contributed by atoms with Gasteiger partial charge in [0, 0.05) is 47.9 Å². The molecule has 224 valence electrons. The van der Waals surface area contributed by atoms with Crippen molar-refractivity contribution in [2.24, 2.45) is 17.8 Å². The number of benzene rings is 1. The van der Waals surface area contributed by atoms with Crippen LogP contribution in [0.25, 0.3) is 11.3 Å². The Morgan fingerprint density at radius 3 is 1.83 bits per heavy atom. The number of amides is 1. The molecule has 0 saturated carbocycles. The Hall–Kier alpha value is -3.23. The minimum Gasteiger partial charge on any atom is -0.379 e. The van der Waals surface area contributed by atoms with Crippen molar-refractivity contribution in [2.75, 3.05) is 26.4 Å². The van der Waals surface area contributed by atoms with Crippen LogP contribution in [0.5, 0.6) is 0 Å². The Morgan fingerprint density at radius 2 is 1.32 bits per heavy atom. The van der Waals surface area contributed by atoms with Crippen LogP contribution < -0.4 is 5.32 Å². The Balaban J connectivity index is 1.99. The van der Waals surface area contributed by atoms with E-state index >= 15 is 0 Å². The van der Waals surface area contributed by atoms with E-state index in [9.17, 15) is 19.2 Å². The van der Waals surface area contributed by atoms with Gasteiger partial charge in [-0.3, -0.25) is 24.2 Å². The smallest absolute Gasteiger partial charge is 0.253 e. The number of nitrogens with one attached hydrogen (secondary N) is 1. The van der Waals surface area contributed by atoms with Crippen molar-refractivity contribution in [2.45, 2.75) is 73.3 Å². The second kappa shape index (κ2) is 17.6. The lowest BCUT2D eigenvalue weighted by atomic mass is 9.96. The maximum atomic E-state index is 13.0. The fraction of sp³-hybridized carbons (Fsp3) is 0.545. The molecule has 0 aliphatic rings. The van der Waals surface area contributed by atoms with Crippen molar-refractivity contribution in [1.29, 1.82) is 0 Å². The summed E-state index contributed by atoms with van der Waals surface area (Å²) in [5, 5.41) is 2.93. The summed E-state index contributed by atoms with van der Waals surface area (Å²) in [6.07, 6.45) is 3.71. The highest BCUT2D eigenvalue weighted by molar-refractivity contribution is 5.98. The van der Waals surface area contributed by atoms with Gasteiger partial charge in [0.2, 0.25) is 0 Å². The summed E-state index contributed by atoms with van der Waals surface area (Å²) >= 11 is 0. The molecular weight excluding hydrogens is 520 g/mol. The molecule has 1 N–H and O–H groups in total. The van der Waals surface area contributed by atoms with Crippen molar-refractivity contribution in [3.8, 4) is 11.3 Å². The lowest BCUT2D eigenvalue weighted by molar-refractivity contribution is -0.123. The summed E-state index contributed by atoms with van der Waals surface area (Å²) in [5.74, 6) is -0.0171. The molecule has 3 atom stereocenters. The van der Waals surface area contributed by atoms with Gasteiger partial charge in [-0.1, -0.05) is 65.8 Å². The normalized spacial score (nSPS) is 13.4. The molecule has 3 unspecified atom stereocenters. The second-order valence-electron chi connectivity index (χ2n) is 10.9. The van der Waals surface area contributed by atoms with E-state index in [0.29, 0.717) is 29.7 Å². The molecule has 0 spiro atoms. The van der Waals surface area contributed by atoms with E-state index in [1.54, 1.807) is 12.1 Å². The zero-order valence-electron chi connectivity index (χ0n) is 25.4. The Kier molecular flexibility index (Phi) is 14.5. The molecule has 2 aromatic rings. The third-order valence-electron chi connectivity index (χ3n) is 7.32. The number of hydrogen-bond acceptors (Lipinski definition) is 7. The summed E-state index contributed by atoms with van der Waals surface area (Å²) < 4.78 is 11.4. The summed E-state index contributed by atoms with van der Waals surface area (Å²) in [4.78, 5) is 53.9. The highest BCUT2D eigenvalue weighted by Crippen LogP contribution is 2.20. The largest absolute Gasteiger partial charge is 0.379 e. The second-order valence-corrected chi connectivity index (χ2v) is 10.9. The summed E-state index contributed by atoms with van der Waals surface area (Å²) in [5.41, 5.74) is 2.59. The first kappa shape index (κ1) is 34.0. The van der Waals surface area contributed by atoms with E-state index in [4.69, 9.17) is 9.47 Å². The number of aromatic nitrogens is 1. The predicted molar refractivity (Wildman–Crippen MR) is 160 cm³/mol. The topological polar surface area (TPSA) is 112 Å². The van der Waals surface area contributed by atoms with Crippen LogP contribution >= 0.6 is 0 Å². The number of ketones is 3. The molecule has 1 aromatic carbocycles. The standard InChI is InChI=1S/C33H46N2O6/c1-7-23(5)31(37)16-18-41-21-28(20-40-17-15-30(36)22(3)4)35-33(39)27-13-14-29(34-19-27)25-9-11-26(12-10-25)32(38)24(6)8-2/h9-14,19,22-24,28H,7-8,15-18,20-21H2,1-6H3,(H,35,39). The monoisotopic (exact) mass is 566 g/mol. The van der Waals surface area contributed by atoms with Gasteiger partial charge >= 0.3 is 0 Å². The van der Waals surface area contributed by atoms with Crippen molar-refractivity contribution >= 4 is 23.3 Å². The first-order valence-electron chi connectivity index (χ1n) is 14.7. The molecule has 0 radical (unpaired) electrons. The van der Waals surface area contributed by atoms with E-state index in [1.165, 1.54) is 6.20 Å². The van der Waals surface area contributed by atoms with E-state index in [2.05, 4.69) is 10.3 Å². The fourth-order valence-corrected chi connectivity index (χ4v) is 3.93. The molecule has 1 amide bonds. The van der Waals surface area contributed by atoms with Gasteiger partial charge in [-0.25, -0.2) is 0 Å². The molecule has 1 aromatic heterocycles. The van der Waals surface area contributed by atoms with Gasteiger partial charge in [0.05, 0.1) is 43.7 Å². The molecule has 8 heteroatoms. The van der Waals surface area contributed by atoms with Gasteiger partial charge < -0.3 is 14.8 Å². The molecule has 0 bridgehead atoms. The number of ether oxygens (including phenoxy) is 2. The van der Waals surface area contributed by atoms with Gasteiger partial charge in [0.25, 0.3) is 5.91 Å². The number of rotatable bonds is 19. The first-order chi connectivity index (χ1) is 19.6. The van der Waals surface area contributed by atoms with Crippen LogP contribution in [0.2, 0.25) is 0 Å². The zero-order valence-corrected chi connectivity index (χ0v) is 25.4. The molecule has 2 rings (SSSR count). The summed E-state index contributed by atoms with van der Waals surface area (Å²) in [6, 6.07) is 10.3. The average molecular weight is 567 g/mol. The van der Waals surface area contributed by atoms with Crippen molar-refractivity contribution in [1.82, 2.24) is 10.3 Å². The van der Waals surface area contributed by atoms with Gasteiger partial charge in [-0.05, 0) is 25.0 Å². The van der Waals surface area contributed by atoms with Crippen molar-refractivity contribution in [3.63, 3.8) is 0 Å². The molecule has 41 heavy (non-hydrogen) atoms. The fourth-order valence-electron chi connectivity index (χ4n) is 3.93. The molecule has 0 fully saturated rings. The Bertz CT molecular complexity index is 1130. The maximum Gasteiger partial charge on any atom is 0.253 e. The molecule has 0 aliphatic carbocycles. The molecule has 0 saturated heterocycles. The van der Waals surface area contributed by atoms with Crippen molar-refractivity contribution in [3.05, 3.63) is 53.7 Å². The lowest BCUT2D eigenvalue weighted by Crippen LogP contribution is -2.42. The molecule has 8 nitrogen and oxygen atoms in total. The van der Waals surface area contributed by atoms with Gasteiger partial charge in [0.15, 0.2) is 5.78 Å². The highest BCUT2D eigenvalue weighted by atomic mass is 16.5. The van der Waals surface area contributed by atoms with Gasteiger partial charge in [-0.15, -0.1) is 0 Å². The Morgan fingerprint density at radius 1 is 0.756 bits per heavy atom. The third-order valence-corrected chi connectivity index (χ3v) is 7.32. The molecule has 1 heterocycles. The van der Waals surface area contributed by atoms with Gasteiger partial charge in [-0.2, -0.15) is 0 Å². The number of Topliss-reactive ketones (excluding diaryl/α,β-unsaturated/α-hetero) is 3. The minimum absolute atomic E-state index is 0.00316. The van der Waals surface area contributed by atoms with Crippen LogP contribution in [0, 0.1) is 17.8 Å². The van der Waals surface area contributed by atoms with Gasteiger partial charge in [0.1, 0.15) is 11.6 Å². The quantitative estimate of drug-likeness (QED) is 0.171. The van der Waals surface area contributed by atoms with E-state index < -0.39 is 6.04 Å². The van der Waals surface area contributed by atoms with E-state index in [0.717, 1.165) is 18.4 Å². The van der Waals surface area contributed by atoms with Crippen molar-refractivity contribution < 1.29 is 28.7 Å². The molecular formula is C33H46N2O6. The van der Waals surface area contributed by atoms with E-state index in [-0.39, 0.29) is 67.4 Å². The lowest BCUT2D eigenvalue weighted by Gasteiger charge is -2.19. The van der Waals surface area contributed by atoms with E-state index in [1.807, 2.05) is 65.8 Å². The average Bonchev–Trinajstić information content (AvgIpc) is 2.99. The minimum atomic E-state index is -0.467. The van der Waals surface area contributed by atoms with Crippen LogP contribution in [0.15, 0.2) is 42.6 Å². The van der Waals surface area contributed by atoms with Crippen LogP contribution in [0.4, 0.5) is 0 Å². The number of nitrogens with zero attached hydrogens (tertiary/aromatic N) is 1.